The van der Waals surface area contributed by atoms with Gasteiger partial charge in [0.15, 0.2) is 5.54 Å². The van der Waals surface area contributed by atoms with E-state index in [0.29, 0.717) is 12.3 Å². The third kappa shape index (κ3) is 2.27. The molecule has 3 rings (SSSR count). The fraction of sp³-hybridized carbons (Fsp3) is 0.111. The Kier molecular flexibility index (Phi) is 3.40. The van der Waals surface area contributed by atoms with Gasteiger partial charge in [0.2, 0.25) is 5.90 Å². The van der Waals surface area contributed by atoms with Crippen LogP contribution in [0.5, 0.6) is 0 Å². The van der Waals surface area contributed by atoms with Gasteiger partial charge in [0, 0.05) is 12.0 Å². The lowest BCUT2D eigenvalue weighted by molar-refractivity contribution is -0.139. The Morgan fingerprint density at radius 2 is 1.67 bits per heavy atom. The van der Waals surface area contributed by atoms with Crippen molar-refractivity contribution >= 4 is 11.9 Å². The molecule has 0 N–H and O–H groups in total. The topological polar surface area (TPSA) is 38.7 Å². The van der Waals surface area contributed by atoms with Gasteiger partial charge in [-0.05, 0) is 17.7 Å². The average molecular weight is 277 g/mol. The van der Waals surface area contributed by atoms with Crippen LogP contribution >= 0.6 is 0 Å². The number of hydrogen-bond acceptors (Lipinski definition) is 3. The Balaban J connectivity index is 2.10. The first-order chi connectivity index (χ1) is 10.3. The summed E-state index contributed by atoms with van der Waals surface area (Å²) in [5, 5.41) is 0. The van der Waals surface area contributed by atoms with E-state index in [1.54, 1.807) is 6.08 Å². The minimum Gasteiger partial charge on any atom is -0.405 e. The lowest BCUT2D eigenvalue weighted by Gasteiger charge is -2.20. The summed E-state index contributed by atoms with van der Waals surface area (Å²) in [4.78, 5) is 17.1. The molecule has 21 heavy (non-hydrogen) atoms. The van der Waals surface area contributed by atoms with Crippen LogP contribution in [0, 0.1) is 0 Å². The summed E-state index contributed by atoms with van der Waals surface area (Å²) < 4.78 is 5.43. The van der Waals surface area contributed by atoms with Gasteiger partial charge in [-0.2, -0.15) is 0 Å². The van der Waals surface area contributed by atoms with Crippen LogP contribution in [0.2, 0.25) is 0 Å². The van der Waals surface area contributed by atoms with Gasteiger partial charge in [-0.3, -0.25) is 0 Å². The van der Waals surface area contributed by atoms with Gasteiger partial charge in [-0.25, -0.2) is 9.79 Å². The maximum absolute atomic E-state index is 12.5. The van der Waals surface area contributed by atoms with E-state index in [2.05, 4.69) is 11.6 Å². The zero-order valence-electron chi connectivity index (χ0n) is 11.5. The van der Waals surface area contributed by atoms with Crippen LogP contribution in [0.15, 0.2) is 78.3 Å². The SMILES string of the molecule is C=CCC1(c2ccccc2)N=C(c2ccccc2)OC1=O. The molecule has 0 radical (unpaired) electrons. The van der Waals surface area contributed by atoms with E-state index in [9.17, 15) is 4.79 Å². The van der Waals surface area contributed by atoms with E-state index in [1.165, 1.54) is 0 Å². The molecule has 0 saturated carbocycles. The highest BCUT2D eigenvalue weighted by molar-refractivity contribution is 6.08. The normalized spacial score (nSPS) is 20.8. The number of cyclic esters (lactones) is 1. The van der Waals surface area contributed by atoms with E-state index in [0.717, 1.165) is 11.1 Å². The second kappa shape index (κ2) is 5.37. The molecule has 0 spiro atoms. The maximum Gasteiger partial charge on any atom is 0.345 e. The molecule has 1 atom stereocenters. The van der Waals surface area contributed by atoms with Crippen molar-refractivity contribution in [2.45, 2.75) is 12.0 Å². The van der Waals surface area contributed by atoms with Crippen LogP contribution in [0.4, 0.5) is 0 Å². The first-order valence-electron chi connectivity index (χ1n) is 6.80. The summed E-state index contributed by atoms with van der Waals surface area (Å²) in [6, 6.07) is 18.9. The molecule has 0 bridgehead atoms. The number of rotatable bonds is 4. The van der Waals surface area contributed by atoms with Crippen molar-refractivity contribution in [3.05, 3.63) is 84.4 Å². The molecule has 2 aromatic rings. The third-order valence-corrected chi connectivity index (χ3v) is 3.53. The van der Waals surface area contributed by atoms with Crippen molar-refractivity contribution in [3.8, 4) is 0 Å². The van der Waals surface area contributed by atoms with Crippen molar-refractivity contribution in [3.63, 3.8) is 0 Å². The molecule has 2 aromatic carbocycles. The lowest BCUT2D eigenvalue weighted by Crippen LogP contribution is -2.30. The molecule has 1 unspecified atom stereocenters. The molecule has 0 fully saturated rings. The molecule has 1 aliphatic rings. The van der Waals surface area contributed by atoms with Gasteiger partial charge in [-0.1, -0.05) is 54.6 Å². The smallest absolute Gasteiger partial charge is 0.345 e. The molecule has 3 heteroatoms. The molecule has 0 aliphatic carbocycles. The second-order valence-electron chi connectivity index (χ2n) is 4.89. The van der Waals surface area contributed by atoms with Crippen molar-refractivity contribution < 1.29 is 9.53 Å². The zero-order chi connectivity index (χ0) is 14.7. The Hall–Kier alpha value is -2.68. The van der Waals surface area contributed by atoms with Crippen LogP contribution in [-0.4, -0.2) is 11.9 Å². The Bertz CT molecular complexity index is 692. The zero-order valence-corrected chi connectivity index (χ0v) is 11.5. The fourth-order valence-electron chi connectivity index (χ4n) is 2.47. The number of benzene rings is 2. The number of hydrogen-bond donors (Lipinski definition) is 0. The third-order valence-electron chi connectivity index (χ3n) is 3.53. The van der Waals surface area contributed by atoms with Crippen LogP contribution < -0.4 is 0 Å². The molecule has 0 amide bonds. The number of ether oxygens (including phenoxy) is 1. The van der Waals surface area contributed by atoms with Crippen LogP contribution in [0.25, 0.3) is 0 Å². The summed E-state index contributed by atoms with van der Waals surface area (Å²) in [5.74, 6) is 0.0127. The Morgan fingerprint density at radius 3 is 2.29 bits per heavy atom. The first-order valence-corrected chi connectivity index (χ1v) is 6.80. The van der Waals surface area contributed by atoms with Gasteiger partial charge < -0.3 is 4.74 Å². The van der Waals surface area contributed by atoms with Crippen molar-refractivity contribution in [2.75, 3.05) is 0 Å². The molecule has 3 nitrogen and oxygen atoms in total. The summed E-state index contributed by atoms with van der Waals surface area (Å²) in [6.07, 6.45) is 2.11. The molecular weight excluding hydrogens is 262 g/mol. The predicted octanol–water partition coefficient (Wildman–Crippen LogP) is 3.46. The van der Waals surface area contributed by atoms with Gasteiger partial charge in [0.25, 0.3) is 0 Å². The highest BCUT2D eigenvalue weighted by Crippen LogP contribution is 2.36. The molecule has 104 valence electrons. The Morgan fingerprint density at radius 1 is 1.05 bits per heavy atom. The fourth-order valence-corrected chi connectivity index (χ4v) is 2.47. The van der Waals surface area contributed by atoms with Gasteiger partial charge in [-0.15, -0.1) is 6.58 Å². The van der Waals surface area contributed by atoms with Crippen LogP contribution in [0.3, 0.4) is 0 Å². The quantitative estimate of drug-likeness (QED) is 0.634. The van der Waals surface area contributed by atoms with Gasteiger partial charge >= 0.3 is 5.97 Å². The summed E-state index contributed by atoms with van der Waals surface area (Å²) in [5.41, 5.74) is 0.599. The molecule has 0 aromatic heterocycles. The highest BCUT2D eigenvalue weighted by atomic mass is 16.6. The van der Waals surface area contributed by atoms with Crippen molar-refractivity contribution in [1.82, 2.24) is 0 Å². The van der Waals surface area contributed by atoms with Crippen molar-refractivity contribution in [2.24, 2.45) is 4.99 Å². The predicted molar refractivity (Wildman–Crippen MR) is 82.0 cm³/mol. The molecule has 1 heterocycles. The van der Waals surface area contributed by atoms with E-state index in [4.69, 9.17) is 4.74 Å². The number of nitrogens with zero attached hydrogens (tertiary/aromatic N) is 1. The van der Waals surface area contributed by atoms with E-state index in [-0.39, 0.29) is 5.97 Å². The van der Waals surface area contributed by atoms with Crippen LogP contribution in [0.1, 0.15) is 17.5 Å². The number of carbonyl (C=O) groups is 1. The molecular formula is C18H15NO2. The highest BCUT2D eigenvalue weighted by Gasteiger charge is 2.46. The Labute approximate surface area is 123 Å². The lowest BCUT2D eigenvalue weighted by atomic mass is 9.88. The molecule has 1 aliphatic heterocycles. The molecule has 0 saturated heterocycles. The number of aliphatic imine (C=N–C) groups is 1. The average Bonchev–Trinajstić information content (AvgIpc) is 2.88. The maximum atomic E-state index is 12.5. The monoisotopic (exact) mass is 277 g/mol. The first kappa shape index (κ1) is 13.3. The largest absolute Gasteiger partial charge is 0.405 e. The van der Waals surface area contributed by atoms with E-state index >= 15 is 0 Å². The van der Waals surface area contributed by atoms with E-state index in [1.807, 2.05) is 60.7 Å². The summed E-state index contributed by atoms with van der Waals surface area (Å²) >= 11 is 0. The standard InChI is InChI=1S/C18H15NO2/c1-2-13-18(15-11-7-4-8-12-15)17(20)21-16(19-18)14-9-5-3-6-10-14/h2-12H,1,13H2. The van der Waals surface area contributed by atoms with Crippen LogP contribution in [-0.2, 0) is 15.1 Å². The minimum atomic E-state index is -1.02. The van der Waals surface area contributed by atoms with Gasteiger partial charge in [0.05, 0.1) is 0 Å². The number of esters is 1. The second-order valence-corrected chi connectivity index (χ2v) is 4.89. The van der Waals surface area contributed by atoms with E-state index < -0.39 is 5.54 Å². The number of carbonyl (C=O) groups excluding carboxylic acids is 1. The summed E-state index contributed by atoms with van der Waals surface area (Å²) in [7, 11) is 0. The van der Waals surface area contributed by atoms with Crippen molar-refractivity contribution in [1.29, 1.82) is 0 Å². The summed E-state index contributed by atoms with van der Waals surface area (Å²) in [6.45, 7) is 3.75. The minimum absolute atomic E-state index is 0.354. The van der Waals surface area contributed by atoms with Gasteiger partial charge in [0.1, 0.15) is 0 Å².